The van der Waals surface area contributed by atoms with Crippen LogP contribution in [0.1, 0.15) is 38.1 Å². The van der Waals surface area contributed by atoms with E-state index in [9.17, 15) is 0 Å². The third-order valence-corrected chi connectivity index (χ3v) is 3.80. The van der Waals surface area contributed by atoms with E-state index in [1.165, 1.54) is 5.56 Å². The predicted octanol–water partition coefficient (Wildman–Crippen LogP) is 3.69. The van der Waals surface area contributed by atoms with Gasteiger partial charge in [0.2, 0.25) is 0 Å². The SMILES string of the molecule is Cc1ccc2nc(CCC(CCN)C(C)C)oc2c1. The standard InChI is InChI=1S/C16H24N2O/c1-11(2)13(8-9-17)5-7-16-18-14-6-4-12(3)10-15(14)19-16/h4,6,10-11,13H,5,7-9,17H2,1-3H3. The first-order valence-electron chi connectivity index (χ1n) is 7.16. The highest BCUT2D eigenvalue weighted by Crippen LogP contribution is 2.23. The number of aryl methyl sites for hydroxylation is 2. The van der Waals surface area contributed by atoms with Crippen LogP contribution in [0.5, 0.6) is 0 Å². The van der Waals surface area contributed by atoms with E-state index in [0.29, 0.717) is 11.8 Å². The summed E-state index contributed by atoms with van der Waals surface area (Å²) in [6.07, 6.45) is 3.08. The number of hydrogen-bond donors (Lipinski definition) is 1. The largest absolute Gasteiger partial charge is 0.441 e. The molecule has 0 saturated carbocycles. The molecule has 2 rings (SSSR count). The number of benzene rings is 1. The fourth-order valence-electron chi connectivity index (χ4n) is 2.52. The van der Waals surface area contributed by atoms with Gasteiger partial charge in [0.15, 0.2) is 11.5 Å². The van der Waals surface area contributed by atoms with Crippen LogP contribution in [-0.2, 0) is 6.42 Å². The summed E-state index contributed by atoms with van der Waals surface area (Å²) in [6, 6.07) is 6.14. The number of fused-ring (bicyclic) bond motifs is 1. The molecule has 104 valence electrons. The second kappa shape index (κ2) is 6.20. The Balaban J connectivity index is 2.04. The average molecular weight is 260 g/mol. The highest BCUT2D eigenvalue weighted by Gasteiger charge is 2.14. The van der Waals surface area contributed by atoms with Crippen molar-refractivity contribution >= 4 is 11.1 Å². The van der Waals surface area contributed by atoms with Gasteiger partial charge in [0.05, 0.1) is 0 Å². The summed E-state index contributed by atoms with van der Waals surface area (Å²) >= 11 is 0. The maximum Gasteiger partial charge on any atom is 0.195 e. The second-order valence-corrected chi connectivity index (χ2v) is 5.70. The lowest BCUT2D eigenvalue weighted by molar-refractivity contribution is 0.330. The molecule has 1 atom stereocenters. The van der Waals surface area contributed by atoms with Gasteiger partial charge in [-0.15, -0.1) is 0 Å². The normalized spacial score (nSPS) is 13.3. The van der Waals surface area contributed by atoms with Gasteiger partial charge in [-0.25, -0.2) is 4.98 Å². The minimum Gasteiger partial charge on any atom is -0.441 e. The number of nitrogens with zero attached hydrogens (tertiary/aromatic N) is 1. The smallest absolute Gasteiger partial charge is 0.195 e. The first kappa shape index (κ1) is 14.1. The van der Waals surface area contributed by atoms with Crippen molar-refractivity contribution in [3.05, 3.63) is 29.7 Å². The third kappa shape index (κ3) is 3.57. The van der Waals surface area contributed by atoms with Crippen molar-refractivity contribution in [3.63, 3.8) is 0 Å². The van der Waals surface area contributed by atoms with Gasteiger partial charge in [0, 0.05) is 6.42 Å². The van der Waals surface area contributed by atoms with Crippen LogP contribution in [0.4, 0.5) is 0 Å². The molecule has 0 fully saturated rings. The van der Waals surface area contributed by atoms with Crippen molar-refractivity contribution < 1.29 is 4.42 Å². The van der Waals surface area contributed by atoms with Gasteiger partial charge in [-0.3, -0.25) is 0 Å². The zero-order chi connectivity index (χ0) is 13.8. The molecule has 0 radical (unpaired) electrons. The van der Waals surface area contributed by atoms with Gasteiger partial charge in [-0.2, -0.15) is 0 Å². The van der Waals surface area contributed by atoms with Crippen LogP contribution in [0.3, 0.4) is 0 Å². The lowest BCUT2D eigenvalue weighted by atomic mass is 9.88. The molecule has 0 aliphatic heterocycles. The lowest BCUT2D eigenvalue weighted by Gasteiger charge is -2.18. The quantitative estimate of drug-likeness (QED) is 0.861. The van der Waals surface area contributed by atoms with E-state index < -0.39 is 0 Å². The molecule has 19 heavy (non-hydrogen) atoms. The van der Waals surface area contributed by atoms with Crippen LogP contribution in [0.25, 0.3) is 11.1 Å². The van der Waals surface area contributed by atoms with Crippen molar-refractivity contribution in [1.82, 2.24) is 4.98 Å². The highest BCUT2D eigenvalue weighted by atomic mass is 16.3. The molecule has 0 saturated heterocycles. The minimum absolute atomic E-state index is 0.654. The van der Waals surface area contributed by atoms with Gasteiger partial charge in [-0.05, 0) is 55.8 Å². The summed E-state index contributed by atoms with van der Waals surface area (Å²) < 4.78 is 5.81. The molecule has 1 heterocycles. The zero-order valence-electron chi connectivity index (χ0n) is 12.1. The molecule has 0 bridgehead atoms. The van der Waals surface area contributed by atoms with E-state index in [2.05, 4.69) is 31.8 Å². The number of hydrogen-bond acceptors (Lipinski definition) is 3. The molecule has 0 spiro atoms. The summed E-state index contributed by atoms with van der Waals surface area (Å²) in [5.74, 6) is 2.17. The topological polar surface area (TPSA) is 52.0 Å². The van der Waals surface area contributed by atoms with Gasteiger partial charge in [0.25, 0.3) is 0 Å². The van der Waals surface area contributed by atoms with E-state index in [0.717, 1.165) is 42.8 Å². The lowest BCUT2D eigenvalue weighted by Crippen LogP contribution is -2.15. The first-order chi connectivity index (χ1) is 9.10. The molecule has 3 heteroatoms. The zero-order valence-corrected chi connectivity index (χ0v) is 12.1. The van der Waals surface area contributed by atoms with Crippen LogP contribution in [0.15, 0.2) is 22.6 Å². The summed E-state index contributed by atoms with van der Waals surface area (Å²) in [6.45, 7) is 7.35. The Kier molecular flexibility index (Phi) is 4.59. The molecule has 2 aromatic rings. The maximum atomic E-state index is 5.81. The van der Waals surface area contributed by atoms with Crippen molar-refractivity contribution in [3.8, 4) is 0 Å². The molecule has 1 aromatic carbocycles. The van der Waals surface area contributed by atoms with Gasteiger partial charge < -0.3 is 10.2 Å². The summed E-state index contributed by atoms with van der Waals surface area (Å²) in [4.78, 5) is 4.55. The van der Waals surface area contributed by atoms with Crippen molar-refractivity contribution in [2.24, 2.45) is 17.6 Å². The van der Waals surface area contributed by atoms with Crippen molar-refractivity contribution in [1.29, 1.82) is 0 Å². The Morgan fingerprint density at radius 3 is 2.74 bits per heavy atom. The first-order valence-corrected chi connectivity index (χ1v) is 7.16. The number of nitrogens with two attached hydrogens (primary N) is 1. The van der Waals surface area contributed by atoms with E-state index in [4.69, 9.17) is 10.2 Å². The summed E-state index contributed by atoms with van der Waals surface area (Å²) in [5, 5.41) is 0. The fourth-order valence-corrected chi connectivity index (χ4v) is 2.52. The Bertz CT molecular complexity index is 531. The Hall–Kier alpha value is -1.35. The van der Waals surface area contributed by atoms with Crippen LogP contribution >= 0.6 is 0 Å². The molecule has 1 unspecified atom stereocenters. The van der Waals surface area contributed by atoms with Gasteiger partial charge >= 0.3 is 0 Å². The number of rotatable bonds is 6. The van der Waals surface area contributed by atoms with Crippen molar-refractivity contribution in [2.75, 3.05) is 6.54 Å². The third-order valence-electron chi connectivity index (χ3n) is 3.80. The van der Waals surface area contributed by atoms with E-state index in [1.54, 1.807) is 0 Å². The molecular formula is C16H24N2O. The average Bonchev–Trinajstić information content (AvgIpc) is 2.75. The molecule has 2 N–H and O–H groups in total. The molecular weight excluding hydrogens is 236 g/mol. The highest BCUT2D eigenvalue weighted by molar-refractivity contribution is 5.73. The summed E-state index contributed by atoms with van der Waals surface area (Å²) in [5.41, 5.74) is 8.74. The molecule has 3 nitrogen and oxygen atoms in total. The summed E-state index contributed by atoms with van der Waals surface area (Å²) in [7, 11) is 0. The van der Waals surface area contributed by atoms with Crippen molar-refractivity contribution in [2.45, 2.75) is 40.0 Å². The molecule has 0 aliphatic carbocycles. The van der Waals surface area contributed by atoms with Crippen LogP contribution in [0.2, 0.25) is 0 Å². The Morgan fingerprint density at radius 2 is 2.05 bits per heavy atom. The van der Waals surface area contributed by atoms with E-state index in [-0.39, 0.29) is 0 Å². The van der Waals surface area contributed by atoms with E-state index >= 15 is 0 Å². The van der Waals surface area contributed by atoms with Gasteiger partial charge in [-0.1, -0.05) is 19.9 Å². The minimum atomic E-state index is 0.654. The van der Waals surface area contributed by atoms with Crippen LogP contribution in [-0.4, -0.2) is 11.5 Å². The number of aromatic nitrogens is 1. The van der Waals surface area contributed by atoms with Gasteiger partial charge in [0.1, 0.15) is 5.52 Å². The predicted molar refractivity (Wildman–Crippen MR) is 79.1 cm³/mol. The number of oxazole rings is 1. The molecule has 0 aliphatic rings. The monoisotopic (exact) mass is 260 g/mol. The molecule has 1 aromatic heterocycles. The molecule has 0 amide bonds. The van der Waals surface area contributed by atoms with E-state index in [1.807, 2.05) is 12.1 Å². The Labute approximate surface area is 115 Å². The van der Waals surface area contributed by atoms with Crippen LogP contribution in [0, 0.1) is 18.8 Å². The Morgan fingerprint density at radius 1 is 1.26 bits per heavy atom. The van der Waals surface area contributed by atoms with Crippen LogP contribution < -0.4 is 5.73 Å². The second-order valence-electron chi connectivity index (χ2n) is 5.70. The maximum absolute atomic E-state index is 5.81. The fraction of sp³-hybridized carbons (Fsp3) is 0.562.